The van der Waals surface area contributed by atoms with Crippen LogP contribution in [0.4, 0.5) is 0 Å². The Morgan fingerprint density at radius 3 is 2.43 bits per heavy atom. The third-order valence-corrected chi connectivity index (χ3v) is 1.92. The molecule has 0 atom stereocenters. The van der Waals surface area contributed by atoms with E-state index >= 15 is 0 Å². The van der Waals surface area contributed by atoms with Crippen LogP contribution in [0.1, 0.15) is 5.56 Å². The second-order valence-corrected chi connectivity index (χ2v) is 4.04. The molecule has 0 aliphatic heterocycles. The van der Waals surface area contributed by atoms with Crippen LogP contribution in [-0.2, 0) is 10.1 Å². The molecule has 6 heteroatoms. The van der Waals surface area contributed by atoms with Crippen molar-refractivity contribution in [1.29, 1.82) is 0 Å². The minimum atomic E-state index is -4.09. The third kappa shape index (κ3) is 3.55. The second kappa shape index (κ2) is 4.21. The normalized spacial score (nSPS) is 12.8. The molecular formula is C8H10N2O3S. The lowest BCUT2D eigenvalue weighted by Crippen LogP contribution is -2.15. The Morgan fingerprint density at radius 1 is 1.36 bits per heavy atom. The number of nitrogens with zero attached hydrogens (tertiary/aromatic N) is 1. The quantitative estimate of drug-likeness (QED) is 0.428. The first-order valence-corrected chi connectivity index (χ1v) is 5.40. The van der Waals surface area contributed by atoms with Gasteiger partial charge >= 0.3 is 0 Å². The first-order valence-electron chi connectivity index (χ1n) is 3.79. The van der Waals surface area contributed by atoms with E-state index in [1.807, 2.05) is 0 Å². The van der Waals surface area contributed by atoms with E-state index in [1.54, 1.807) is 30.3 Å². The fourth-order valence-corrected chi connectivity index (χ4v) is 1.15. The molecule has 1 aromatic rings. The van der Waals surface area contributed by atoms with Gasteiger partial charge in [0.05, 0.1) is 0 Å². The van der Waals surface area contributed by atoms with Gasteiger partial charge in [0, 0.05) is 5.56 Å². The Labute approximate surface area is 82.0 Å². The highest BCUT2D eigenvalue weighted by molar-refractivity contribution is 7.85. The Morgan fingerprint density at radius 2 is 1.93 bits per heavy atom. The lowest BCUT2D eigenvalue weighted by molar-refractivity contribution is 0.484. The summed E-state index contributed by atoms with van der Waals surface area (Å²) in [7, 11) is -4.09. The zero-order chi connectivity index (χ0) is 10.6. The highest BCUT2D eigenvalue weighted by atomic mass is 32.2. The van der Waals surface area contributed by atoms with Crippen LogP contribution < -0.4 is 5.73 Å². The van der Waals surface area contributed by atoms with Crippen molar-refractivity contribution >= 4 is 16.0 Å². The lowest BCUT2D eigenvalue weighted by atomic mass is 10.2. The summed E-state index contributed by atoms with van der Waals surface area (Å²) in [5, 5.41) is 0. The van der Waals surface area contributed by atoms with Crippen LogP contribution in [0.5, 0.6) is 0 Å². The van der Waals surface area contributed by atoms with Gasteiger partial charge in [-0.3, -0.25) is 4.55 Å². The van der Waals surface area contributed by atoms with Gasteiger partial charge in [-0.25, -0.2) is 4.99 Å². The number of nitrogens with two attached hydrogens (primary N) is 1. The van der Waals surface area contributed by atoms with Crippen molar-refractivity contribution in [3.8, 4) is 0 Å². The summed E-state index contributed by atoms with van der Waals surface area (Å²) < 4.78 is 29.1. The third-order valence-electron chi connectivity index (χ3n) is 1.47. The number of amidine groups is 1. The van der Waals surface area contributed by atoms with Gasteiger partial charge in [0.2, 0.25) is 0 Å². The van der Waals surface area contributed by atoms with Crippen molar-refractivity contribution in [3.63, 3.8) is 0 Å². The summed E-state index contributed by atoms with van der Waals surface area (Å²) in [5.74, 6) is -0.628. The average molecular weight is 214 g/mol. The summed E-state index contributed by atoms with van der Waals surface area (Å²) in [4.78, 5) is 3.52. The van der Waals surface area contributed by atoms with Crippen LogP contribution in [0.15, 0.2) is 35.3 Å². The first kappa shape index (κ1) is 10.7. The highest BCUT2D eigenvalue weighted by Crippen LogP contribution is 1.98. The Hall–Kier alpha value is -1.40. The minimum absolute atomic E-state index is 0.0863. The smallest absolute Gasteiger partial charge is 0.285 e. The van der Waals surface area contributed by atoms with Crippen LogP contribution >= 0.6 is 0 Å². The summed E-state index contributed by atoms with van der Waals surface area (Å²) in [6, 6.07) is 8.71. The molecule has 0 amide bonds. The summed E-state index contributed by atoms with van der Waals surface area (Å²) >= 11 is 0. The summed E-state index contributed by atoms with van der Waals surface area (Å²) in [6.45, 7) is 0. The standard InChI is InChI=1S/C8H10N2O3S/c9-8(10-6-14(11,12)13)7-4-2-1-3-5-7/h1-5H,6H2,(H2,9,10)(H,11,12,13). The molecule has 0 heterocycles. The van der Waals surface area contributed by atoms with Crippen molar-refractivity contribution in [2.45, 2.75) is 0 Å². The molecule has 76 valence electrons. The van der Waals surface area contributed by atoms with E-state index in [1.165, 1.54) is 0 Å². The molecule has 3 N–H and O–H groups in total. The zero-order valence-electron chi connectivity index (χ0n) is 7.29. The molecule has 0 aromatic heterocycles. The van der Waals surface area contributed by atoms with E-state index < -0.39 is 16.0 Å². The Kier molecular flexibility index (Phi) is 3.21. The fourth-order valence-electron chi connectivity index (χ4n) is 0.851. The molecule has 0 radical (unpaired) electrons. The monoisotopic (exact) mass is 214 g/mol. The van der Waals surface area contributed by atoms with Crippen LogP contribution in [0.25, 0.3) is 0 Å². The Bertz CT molecular complexity index is 425. The first-order chi connectivity index (χ1) is 6.49. The van der Waals surface area contributed by atoms with E-state index in [4.69, 9.17) is 10.3 Å². The predicted molar refractivity (Wildman–Crippen MR) is 53.6 cm³/mol. The molecular weight excluding hydrogens is 204 g/mol. The second-order valence-electron chi connectivity index (χ2n) is 2.62. The van der Waals surface area contributed by atoms with E-state index in [9.17, 15) is 8.42 Å². The number of rotatable bonds is 3. The molecule has 0 fully saturated rings. The summed E-state index contributed by atoms with van der Waals surface area (Å²) in [5.41, 5.74) is 6.10. The Balaban J connectivity index is 2.81. The maximum atomic E-state index is 10.4. The number of aliphatic imine (C=N–C) groups is 1. The average Bonchev–Trinajstić information content (AvgIpc) is 2.14. The fraction of sp³-hybridized carbons (Fsp3) is 0.125. The maximum Gasteiger partial charge on any atom is 0.285 e. The number of hydrogen-bond acceptors (Lipinski definition) is 3. The minimum Gasteiger partial charge on any atom is -0.383 e. The van der Waals surface area contributed by atoms with Crippen LogP contribution in [0.3, 0.4) is 0 Å². The molecule has 5 nitrogen and oxygen atoms in total. The van der Waals surface area contributed by atoms with Crippen LogP contribution in [0, 0.1) is 0 Å². The van der Waals surface area contributed by atoms with Crippen molar-refractivity contribution < 1.29 is 13.0 Å². The van der Waals surface area contributed by atoms with E-state index in [0.29, 0.717) is 5.56 Å². The van der Waals surface area contributed by atoms with Gasteiger partial charge in [-0.2, -0.15) is 8.42 Å². The number of hydrogen-bond donors (Lipinski definition) is 2. The highest BCUT2D eigenvalue weighted by Gasteiger charge is 2.03. The molecule has 0 aliphatic rings. The molecule has 0 unspecified atom stereocenters. The van der Waals surface area contributed by atoms with Gasteiger partial charge in [-0.15, -0.1) is 0 Å². The van der Waals surface area contributed by atoms with Crippen LogP contribution in [0.2, 0.25) is 0 Å². The van der Waals surface area contributed by atoms with Gasteiger partial charge in [-0.05, 0) is 0 Å². The van der Waals surface area contributed by atoms with Crippen LogP contribution in [-0.4, -0.2) is 24.7 Å². The maximum absolute atomic E-state index is 10.4. The largest absolute Gasteiger partial charge is 0.383 e. The zero-order valence-corrected chi connectivity index (χ0v) is 8.11. The topological polar surface area (TPSA) is 92.8 Å². The molecule has 0 aliphatic carbocycles. The SMILES string of the molecule is N/C(=N\CS(=O)(=O)O)c1ccccc1. The molecule has 0 saturated carbocycles. The molecule has 1 rings (SSSR count). The lowest BCUT2D eigenvalue weighted by Gasteiger charge is -1.98. The molecule has 0 saturated heterocycles. The van der Waals surface area contributed by atoms with E-state index in [0.717, 1.165) is 0 Å². The molecule has 14 heavy (non-hydrogen) atoms. The summed E-state index contributed by atoms with van der Waals surface area (Å²) in [6.07, 6.45) is 0. The van der Waals surface area contributed by atoms with Gasteiger partial charge in [0.1, 0.15) is 5.84 Å². The van der Waals surface area contributed by atoms with Crippen molar-refractivity contribution in [2.75, 3.05) is 5.88 Å². The molecule has 0 bridgehead atoms. The van der Waals surface area contributed by atoms with Gasteiger partial charge < -0.3 is 5.73 Å². The van der Waals surface area contributed by atoms with Crippen molar-refractivity contribution in [1.82, 2.24) is 0 Å². The molecule has 0 spiro atoms. The van der Waals surface area contributed by atoms with E-state index in [2.05, 4.69) is 4.99 Å². The van der Waals surface area contributed by atoms with Gasteiger partial charge in [0.25, 0.3) is 10.1 Å². The molecule has 1 aromatic carbocycles. The predicted octanol–water partition coefficient (Wildman–Crippen LogP) is 0.237. The van der Waals surface area contributed by atoms with Gasteiger partial charge in [0.15, 0.2) is 5.88 Å². The number of benzene rings is 1. The van der Waals surface area contributed by atoms with Crippen molar-refractivity contribution in [3.05, 3.63) is 35.9 Å². The van der Waals surface area contributed by atoms with E-state index in [-0.39, 0.29) is 5.84 Å². The van der Waals surface area contributed by atoms with Gasteiger partial charge in [-0.1, -0.05) is 30.3 Å². The van der Waals surface area contributed by atoms with Crippen molar-refractivity contribution in [2.24, 2.45) is 10.7 Å².